The van der Waals surface area contributed by atoms with Gasteiger partial charge in [0.15, 0.2) is 8.24 Å². The highest BCUT2D eigenvalue weighted by molar-refractivity contribution is 6.79. The van der Waals surface area contributed by atoms with E-state index in [0.29, 0.717) is 6.42 Å². The number of benzene rings is 2. The Morgan fingerprint density at radius 2 is 1.48 bits per heavy atom. The van der Waals surface area contributed by atoms with Crippen LogP contribution in [0.3, 0.4) is 0 Å². The molecule has 0 N–H and O–H groups in total. The van der Waals surface area contributed by atoms with Crippen molar-refractivity contribution < 1.29 is 4.79 Å². The molecule has 2 rings (SSSR count). The van der Waals surface area contributed by atoms with Crippen LogP contribution in [-0.2, 0) is 4.79 Å². The van der Waals surface area contributed by atoms with E-state index in [2.05, 4.69) is 36.4 Å². The molecule has 0 aliphatic rings. The molecule has 23 heavy (non-hydrogen) atoms. The fourth-order valence-corrected chi connectivity index (χ4v) is 3.69. The molecule has 0 amide bonds. The summed E-state index contributed by atoms with van der Waals surface area (Å²) in [6, 6.07) is 20.1. The van der Waals surface area contributed by atoms with Crippen LogP contribution in [0.25, 0.3) is 0 Å². The number of Topliss-reactive ketones (excluding diaryl/α,β-unsaturated/α-hetero) is 1. The molecule has 120 valence electrons. The zero-order valence-electron chi connectivity index (χ0n) is 14.3. The Bertz CT molecular complexity index is 676. The summed E-state index contributed by atoms with van der Waals surface area (Å²) in [5, 5.41) is 4.92. The predicted octanol–water partition coefficient (Wildman–Crippen LogP) is 4.71. The van der Waals surface area contributed by atoms with E-state index in [1.54, 1.807) is 6.92 Å². The average Bonchev–Trinajstić information content (AvgIpc) is 2.51. The number of ketones is 1. The van der Waals surface area contributed by atoms with Gasteiger partial charge < -0.3 is 0 Å². The highest BCUT2D eigenvalue weighted by Crippen LogP contribution is 2.23. The van der Waals surface area contributed by atoms with Crippen LogP contribution in [0.4, 0.5) is 5.69 Å². The number of anilines is 1. The first-order chi connectivity index (χ1) is 10.9. The zero-order valence-corrected chi connectivity index (χ0v) is 15.3. The maximum Gasteiger partial charge on any atom is 0.176 e. The Kier molecular flexibility index (Phi) is 5.50. The van der Waals surface area contributed by atoms with E-state index in [1.807, 2.05) is 48.5 Å². The highest BCUT2D eigenvalue weighted by atomic mass is 28.3. The van der Waals surface area contributed by atoms with Crippen molar-refractivity contribution in [3.63, 3.8) is 0 Å². The Labute approximate surface area is 139 Å². The second-order valence-electron chi connectivity index (χ2n) is 6.61. The normalized spacial score (nSPS) is 12.1. The number of hydrogen-bond donors (Lipinski definition) is 0. The van der Waals surface area contributed by atoms with Crippen LogP contribution in [-0.4, -0.2) is 19.7 Å². The lowest BCUT2D eigenvalue weighted by molar-refractivity contribution is -0.115. The van der Waals surface area contributed by atoms with Crippen molar-refractivity contribution in [1.29, 1.82) is 0 Å². The number of carbonyl (C=O) groups excluding carboxylic acids is 1. The first-order valence-electron chi connectivity index (χ1n) is 7.85. The van der Waals surface area contributed by atoms with Gasteiger partial charge in [-0.05, 0) is 44.3 Å². The summed E-state index contributed by atoms with van der Waals surface area (Å²) in [4.78, 5) is 11.7. The molecule has 3 nitrogen and oxygen atoms in total. The second kappa shape index (κ2) is 7.37. The summed E-state index contributed by atoms with van der Waals surface area (Å²) in [6.45, 7) is 8.36. The van der Waals surface area contributed by atoms with E-state index in [-0.39, 0.29) is 5.78 Å². The van der Waals surface area contributed by atoms with Crippen LogP contribution >= 0.6 is 0 Å². The van der Waals surface area contributed by atoms with Gasteiger partial charge in [-0.15, -0.1) is 0 Å². The minimum absolute atomic E-state index is 0.121. The van der Waals surface area contributed by atoms with Crippen molar-refractivity contribution in [2.24, 2.45) is 5.10 Å². The van der Waals surface area contributed by atoms with Crippen molar-refractivity contribution >= 4 is 25.4 Å². The lowest BCUT2D eigenvalue weighted by Gasteiger charge is -2.32. The fraction of sp³-hybridized carbons (Fsp3) is 0.263. The van der Waals surface area contributed by atoms with E-state index in [9.17, 15) is 4.79 Å². The smallest absolute Gasteiger partial charge is 0.176 e. The van der Waals surface area contributed by atoms with E-state index >= 15 is 0 Å². The minimum Gasteiger partial charge on any atom is -0.300 e. The van der Waals surface area contributed by atoms with Crippen molar-refractivity contribution in [3.05, 3.63) is 66.2 Å². The number of para-hydroxylation sites is 1. The molecule has 0 heterocycles. The van der Waals surface area contributed by atoms with Crippen LogP contribution in [0, 0.1) is 0 Å². The van der Waals surface area contributed by atoms with Gasteiger partial charge in [0.2, 0.25) is 0 Å². The fourth-order valence-electron chi connectivity index (χ4n) is 2.35. The van der Waals surface area contributed by atoms with Gasteiger partial charge in [0.1, 0.15) is 5.78 Å². The lowest BCUT2D eigenvalue weighted by Crippen LogP contribution is -2.43. The maximum absolute atomic E-state index is 11.7. The van der Waals surface area contributed by atoms with E-state index < -0.39 is 8.24 Å². The summed E-state index contributed by atoms with van der Waals surface area (Å²) in [7, 11) is -1.74. The maximum atomic E-state index is 11.7. The molecular weight excluding hydrogens is 300 g/mol. The Hall–Kier alpha value is -2.20. The quantitative estimate of drug-likeness (QED) is 0.438. The minimum atomic E-state index is -1.74. The van der Waals surface area contributed by atoms with Gasteiger partial charge in [-0.25, -0.2) is 0 Å². The number of rotatable bonds is 6. The highest BCUT2D eigenvalue weighted by Gasteiger charge is 2.25. The third-order valence-corrected chi connectivity index (χ3v) is 5.01. The van der Waals surface area contributed by atoms with E-state index in [0.717, 1.165) is 17.0 Å². The Morgan fingerprint density at radius 1 is 0.957 bits per heavy atom. The third kappa shape index (κ3) is 4.89. The molecule has 0 aliphatic heterocycles. The number of hydrazone groups is 1. The zero-order chi connectivity index (χ0) is 16.9. The van der Waals surface area contributed by atoms with Crippen LogP contribution in [0.5, 0.6) is 0 Å². The van der Waals surface area contributed by atoms with Gasteiger partial charge in [-0.2, -0.15) is 5.10 Å². The molecule has 0 spiro atoms. The van der Waals surface area contributed by atoms with Gasteiger partial charge >= 0.3 is 0 Å². The van der Waals surface area contributed by atoms with Crippen LogP contribution < -0.4 is 4.67 Å². The number of nitrogens with zero attached hydrogens (tertiary/aromatic N) is 2. The van der Waals surface area contributed by atoms with Crippen LogP contribution in [0.15, 0.2) is 65.8 Å². The summed E-state index contributed by atoms with van der Waals surface area (Å²) in [5.74, 6) is 0.121. The van der Waals surface area contributed by atoms with Gasteiger partial charge in [0.25, 0.3) is 0 Å². The first-order valence-corrected chi connectivity index (χ1v) is 11.3. The van der Waals surface area contributed by atoms with Crippen LogP contribution in [0.2, 0.25) is 19.6 Å². The van der Waals surface area contributed by atoms with Crippen molar-refractivity contribution in [1.82, 2.24) is 0 Å². The summed E-state index contributed by atoms with van der Waals surface area (Å²) in [6.07, 6.45) is 0.345. The Balaban J connectivity index is 2.50. The molecule has 0 aliphatic carbocycles. The molecular formula is C19H24N2OSi. The van der Waals surface area contributed by atoms with Crippen LogP contribution in [0.1, 0.15) is 18.9 Å². The van der Waals surface area contributed by atoms with E-state index in [1.165, 1.54) is 0 Å². The second-order valence-corrected chi connectivity index (χ2v) is 11.4. The number of carbonyl (C=O) groups is 1. The average molecular weight is 325 g/mol. The molecule has 0 fully saturated rings. The van der Waals surface area contributed by atoms with Crippen molar-refractivity contribution in [2.45, 2.75) is 33.0 Å². The molecule has 0 saturated carbocycles. The van der Waals surface area contributed by atoms with Gasteiger partial charge in [0.05, 0.1) is 12.1 Å². The van der Waals surface area contributed by atoms with Crippen molar-refractivity contribution in [2.75, 3.05) is 4.67 Å². The molecule has 0 bridgehead atoms. The SMILES string of the molecule is CC(=O)C/C(=N\N(c1ccccc1)[Si](C)(C)C)c1ccccc1. The predicted molar refractivity (Wildman–Crippen MR) is 101 cm³/mol. The largest absolute Gasteiger partial charge is 0.300 e. The molecule has 2 aromatic carbocycles. The number of hydrogen-bond acceptors (Lipinski definition) is 3. The van der Waals surface area contributed by atoms with Gasteiger partial charge in [0, 0.05) is 5.69 Å². The monoisotopic (exact) mass is 324 g/mol. The third-order valence-electron chi connectivity index (χ3n) is 3.38. The molecule has 0 atom stereocenters. The molecule has 4 heteroatoms. The molecule has 0 saturated heterocycles. The summed E-state index contributed by atoms with van der Waals surface area (Å²) < 4.78 is 2.12. The van der Waals surface area contributed by atoms with E-state index in [4.69, 9.17) is 5.10 Å². The molecule has 0 aromatic heterocycles. The first kappa shape index (κ1) is 17.2. The lowest BCUT2D eigenvalue weighted by atomic mass is 10.1. The van der Waals surface area contributed by atoms with Gasteiger partial charge in [-0.3, -0.25) is 9.47 Å². The summed E-state index contributed by atoms with van der Waals surface area (Å²) >= 11 is 0. The van der Waals surface area contributed by atoms with Gasteiger partial charge in [-0.1, -0.05) is 48.5 Å². The molecule has 2 aromatic rings. The molecule has 0 unspecified atom stereocenters. The standard InChI is InChI=1S/C19H24N2OSi/c1-16(22)15-19(17-11-7-5-8-12-17)20-21(23(2,3)4)18-13-9-6-10-14-18/h5-14H,15H2,1-4H3/b20-19+. The molecule has 0 radical (unpaired) electrons. The Morgan fingerprint density at radius 3 is 1.96 bits per heavy atom. The summed E-state index contributed by atoms with van der Waals surface area (Å²) in [5.41, 5.74) is 2.90. The van der Waals surface area contributed by atoms with Crippen molar-refractivity contribution in [3.8, 4) is 0 Å². The topological polar surface area (TPSA) is 32.7 Å².